The summed E-state index contributed by atoms with van der Waals surface area (Å²) in [6.07, 6.45) is 3.00. The Balaban J connectivity index is 1.94. The van der Waals surface area contributed by atoms with Gasteiger partial charge in [0.25, 0.3) is 0 Å². The van der Waals surface area contributed by atoms with E-state index in [-0.39, 0.29) is 17.7 Å². The Kier molecular flexibility index (Phi) is 4.74. The van der Waals surface area contributed by atoms with Crippen LogP contribution in [-0.4, -0.2) is 26.9 Å². The highest BCUT2D eigenvalue weighted by Crippen LogP contribution is 2.13. The van der Waals surface area contributed by atoms with Crippen molar-refractivity contribution in [2.75, 3.05) is 11.9 Å². The van der Waals surface area contributed by atoms with Crippen molar-refractivity contribution >= 4 is 21.6 Å². The molecule has 1 aromatic rings. The summed E-state index contributed by atoms with van der Waals surface area (Å²) in [4.78, 5) is 12.0. The van der Waals surface area contributed by atoms with E-state index in [0.29, 0.717) is 11.3 Å². The van der Waals surface area contributed by atoms with Gasteiger partial charge >= 0.3 is 0 Å². The number of amides is 1. The summed E-state index contributed by atoms with van der Waals surface area (Å²) >= 11 is 0. The minimum atomic E-state index is -3.53. The minimum Gasteiger partial charge on any atom is -0.325 e. The number of carbonyl (C=O) groups excluding carboxylic acids is 1. The molecule has 0 aromatic heterocycles. The summed E-state index contributed by atoms with van der Waals surface area (Å²) < 4.78 is 21.9. The van der Waals surface area contributed by atoms with Crippen molar-refractivity contribution in [2.24, 2.45) is 5.14 Å². The van der Waals surface area contributed by atoms with E-state index in [9.17, 15) is 13.2 Å². The van der Waals surface area contributed by atoms with Gasteiger partial charge in [-0.25, -0.2) is 13.6 Å². The zero-order valence-electron chi connectivity index (χ0n) is 11.1. The van der Waals surface area contributed by atoms with Gasteiger partial charge in [-0.05, 0) is 37.1 Å². The summed E-state index contributed by atoms with van der Waals surface area (Å²) in [6, 6.07) is 6.51. The third-order valence-electron chi connectivity index (χ3n) is 3.22. The number of anilines is 1. The van der Waals surface area contributed by atoms with Gasteiger partial charge in [-0.3, -0.25) is 4.79 Å². The summed E-state index contributed by atoms with van der Waals surface area (Å²) in [5, 5.41) is 11.0. The van der Waals surface area contributed by atoms with Crippen LogP contribution in [0.1, 0.15) is 24.8 Å². The van der Waals surface area contributed by atoms with E-state index in [4.69, 9.17) is 5.14 Å². The molecule has 0 radical (unpaired) electrons. The fraction of sp³-hybridized carbons (Fsp3) is 0.462. The molecule has 7 heteroatoms. The van der Waals surface area contributed by atoms with Crippen LogP contribution in [0.4, 0.5) is 5.69 Å². The largest absolute Gasteiger partial charge is 0.325 e. The van der Waals surface area contributed by atoms with Crippen LogP contribution in [-0.2, 0) is 20.6 Å². The molecule has 110 valence electrons. The molecule has 0 unspecified atom stereocenters. The first-order valence-electron chi connectivity index (χ1n) is 6.58. The summed E-state index contributed by atoms with van der Waals surface area (Å²) in [7, 11) is -3.53. The monoisotopic (exact) mass is 297 g/mol. The fourth-order valence-corrected chi connectivity index (χ4v) is 2.88. The molecule has 0 spiro atoms. The van der Waals surface area contributed by atoms with Gasteiger partial charge in [0.1, 0.15) is 0 Å². The molecule has 6 nitrogen and oxygen atoms in total. The zero-order valence-corrected chi connectivity index (χ0v) is 11.9. The number of benzene rings is 1. The highest BCUT2D eigenvalue weighted by Gasteiger charge is 2.20. The number of rotatable bonds is 4. The van der Waals surface area contributed by atoms with Crippen molar-refractivity contribution in [3.8, 4) is 0 Å². The van der Waals surface area contributed by atoms with E-state index >= 15 is 0 Å². The number of hydrogen-bond acceptors (Lipinski definition) is 4. The third-order valence-corrected chi connectivity index (χ3v) is 3.95. The number of nitrogens with two attached hydrogens (primary N) is 1. The summed E-state index contributed by atoms with van der Waals surface area (Å²) in [6.45, 7) is 0.866. The van der Waals surface area contributed by atoms with Gasteiger partial charge in [0.2, 0.25) is 15.9 Å². The predicted octanol–water partition coefficient (Wildman–Crippen LogP) is 0.556. The molecule has 0 saturated carbocycles. The van der Waals surface area contributed by atoms with Crippen LogP contribution in [0.3, 0.4) is 0 Å². The van der Waals surface area contributed by atoms with Gasteiger partial charge in [-0.1, -0.05) is 18.6 Å². The van der Waals surface area contributed by atoms with E-state index < -0.39 is 10.0 Å². The second-order valence-electron chi connectivity index (χ2n) is 5.00. The maximum absolute atomic E-state index is 12.0. The maximum Gasteiger partial charge on any atom is 0.241 e. The second kappa shape index (κ2) is 6.34. The van der Waals surface area contributed by atoms with Crippen LogP contribution in [0.15, 0.2) is 24.3 Å². The van der Waals surface area contributed by atoms with Crippen molar-refractivity contribution < 1.29 is 13.2 Å². The Morgan fingerprint density at radius 3 is 2.55 bits per heavy atom. The molecule has 1 atom stereocenters. The molecule has 4 N–H and O–H groups in total. The van der Waals surface area contributed by atoms with Crippen molar-refractivity contribution in [3.05, 3.63) is 29.8 Å². The standard InChI is InChI=1S/C13H19N3O3S/c14-20(18,19)9-10-4-6-11(7-5-10)16-13(17)12-3-1-2-8-15-12/h4-7,12,15H,1-3,8-9H2,(H,16,17)(H2,14,18,19)/t12-/m1/s1. The maximum atomic E-state index is 12.0. The quantitative estimate of drug-likeness (QED) is 0.755. The number of nitrogens with one attached hydrogen (secondary N) is 2. The lowest BCUT2D eigenvalue weighted by molar-refractivity contribution is -0.118. The molecule has 1 aliphatic heterocycles. The van der Waals surface area contributed by atoms with Gasteiger partial charge in [-0.15, -0.1) is 0 Å². The summed E-state index contributed by atoms with van der Waals surface area (Å²) in [5.74, 6) is -0.255. The second-order valence-corrected chi connectivity index (χ2v) is 6.61. The van der Waals surface area contributed by atoms with Crippen LogP contribution < -0.4 is 15.8 Å². The first-order valence-corrected chi connectivity index (χ1v) is 8.29. The van der Waals surface area contributed by atoms with Crippen molar-refractivity contribution in [2.45, 2.75) is 31.1 Å². The molecular formula is C13H19N3O3S. The average Bonchev–Trinajstić information content (AvgIpc) is 2.40. The van der Waals surface area contributed by atoms with Crippen molar-refractivity contribution in [1.82, 2.24) is 5.32 Å². The predicted molar refractivity (Wildman–Crippen MR) is 77.5 cm³/mol. The lowest BCUT2D eigenvalue weighted by atomic mass is 10.0. The van der Waals surface area contributed by atoms with E-state index in [0.717, 1.165) is 25.8 Å². The van der Waals surface area contributed by atoms with Gasteiger partial charge in [0.05, 0.1) is 11.8 Å². The molecule has 20 heavy (non-hydrogen) atoms. The summed E-state index contributed by atoms with van der Waals surface area (Å²) in [5.41, 5.74) is 1.25. The number of hydrogen-bond donors (Lipinski definition) is 3. The topological polar surface area (TPSA) is 101 Å². The normalized spacial score (nSPS) is 19.6. The van der Waals surface area contributed by atoms with Gasteiger partial charge in [-0.2, -0.15) is 0 Å². The number of sulfonamides is 1. The van der Waals surface area contributed by atoms with Crippen LogP contribution in [0, 0.1) is 0 Å². The number of carbonyl (C=O) groups is 1. The van der Waals surface area contributed by atoms with Crippen LogP contribution in [0.25, 0.3) is 0 Å². The highest BCUT2D eigenvalue weighted by atomic mass is 32.2. The van der Waals surface area contributed by atoms with E-state index in [1.807, 2.05) is 0 Å². The Labute approximate surface area is 118 Å². The Bertz CT molecular complexity index is 563. The molecule has 1 aliphatic rings. The number of primary sulfonamides is 1. The zero-order chi connectivity index (χ0) is 14.6. The Morgan fingerprint density at radius 1 is 1.30 bits per heavy atom. The SMILES string of the molecule is NS(=O)(=O)Cc1ccc(NC(=O)[C@H]2CCCCN2)cc1. The highest BCUT2D eigenvalue weighted by molar-refractivity contribution is 7.88. The van der Waals surface area contributed by atoms with Crippen LogP contribution in [0.2, 0.25) is 0 Å². The first-order chi connectivity index (χ1) is 9.44. The molecular weight excluding hydrogens is 278 g/mol. The lowest BCUT2D eigenvalue weighted by Gasteiger charge is -2.22. The smallest absolute Gasteiger partial charge is 0.241 e. The van der Waals surface area contributed by atoms with E-state index in [1.54, 1.807) is 24.3 Å². The minimum absolute atomic E-state index is 0.0519. The molecule has 1 fully saturated rings. The molecule has 1 aromatic carbocycles. The Hall–Kier alpha value is -1.44. The number of piperidine rings is 1. The lowest BCUT2D eigenvalue weighted by Crippen LogP contribution is -2.43. The first kappa shape index (κ1) is 15.0. The fourth-order valence-electron chi connectivity index (χ4n) is 2.22. The molecule has 0 aliphatic carbocycles. The van der Waals surface area contributed by atoms with Gasteiger partial charge in [0, 0.05) is 5.69 Å². The Morgan fingerprint density at radius 2 is 2.00 bits per heavy atom. The molecule has 2 rings (SSSR count). The van der Waals surface area contributed by atoms with Gasteiger partial charge < -0.3 is 10.6 Å². The average molecular weight is 297 g/mol. The van der Waals surface area contributed by atoms with Crippen molar-refractivity contribution in [3.63, 3.8) is 0 Å². The van der Waals surface area contributed by atoms with E-state index in [2.05, 4.69) is 10.6 Å². The molecule has 1 heterocycles. The van der Waals surface area contributed by atoms with Gasteiger partial charge in [0.15, 0.2) is 0 Å². The van der Waals surface area contributed by atoms with Crippen LogP contribution >= 0.6 is 0 Å². The molecule has 1 amide bonds. The molecule has 0 bridgehead atoms. The molecule has 1 saturated heterocycles. The van der Waals surface area contributed by atoms with Crippen LogP contribution in [0.5, 0.6) is 0 Å². The van der Waals surface area contributed by atoms with E-state index in [1.165, 1.54) is 0 Å². The van der Waals surface area contributed by atoms with Crippen molar-refractivity contribution in [1.29, 1.82) is 0 Å². The third kappa shape index (κ3) is 4.59.